The Bertz CT molecular complexity index is 421. The second kappa shape index (κ2) is 6.61. The summed E-state index contributed by atoms with van der Waals surface area (Å²) in [4.78, 5) is 15.8. The molecule has 4 nitrogen and oxygen atoms in total. The highest BCUT2D eigenvalue weighted by atomic mass is 19.1. The Kier molecular flexibility index (Phi) is 5.42. The lowest BCUT2D eigenvalue weighted by atomic mass is 9.80. The predicted molar refractivity (Wildman–Crippen MR) is 68.8 cm³/mol. The Morgan fingerprint density at radius 1 is 1.47 bits per heavy atom. The summed E-state index contributed by atoms with van der Waals surface area (Å²) in [7, 11) is 0. The van der Waals surface area contributed by atoms with Gasteiger partial charge in [0.1, 0.15) is 11.4 Å². The van der Waals surface area contributed by atoms with Gasteiger partial charge in [-0.15, -0.1) is 0 Å². The number of hydrogen-bond donors (Lipinski definition) is 1. The Hall–Kier alpha value is -1.49. The molecule has 0 saturated carbocycles. The molecule has 5 heteroatoms. The van der Waals surface area contributed by atoms with E-state index < -0.39 is 23.3 Å². The monoisotopic (exact) mass is 269 g/mol. The number of ether oxygens (including phenoxy) is 1. The summed E-state index contributed by atoms with van der Waals surface area (Å²) in [5.41, 5.74) is -1.15. The third-order valence-electron chi connectivity index (χ3n) is 3.27. The molecule has 19 heavy (non-hydrogen) atoms. The number of rotatable bonds is 6. The van der Waals surface area contributed by atoms with Crippen LogP contribution in [-0.2, 0) is 15.1 Å². The van der Waals surface area contributed by atoms with Crippen LogP contribution in [0, 0.1) is 11.7 Å². The number of aliphatic hydroxyl groups is 1. The molecule has 0 aliphatic heterocycles. The molecule has 2 unspecified atom stereocenters. The Balaban J connectivity index is 3.12. The zero-order valence-corrected chi connectivity index (χ0v) is 11.5. The van der Waals surface area contributed by atoms with E-state index in [9.17, 15) is 14.3 Å². The minimum absolute atomic E-state index is 0.256. The molecule has 0 aromatic carbocycles. The normalized spacial score (nSPS) is 15.6. The lowest BCUT2D eigenvalue weighted by molar-refractivity contribution is -0.160. The first kappa shape index (κ1) is 15.6. The molecule has 0 spiro atoms. The van der Waals surface area contributed by atoms with E-state index in [4.69, 9.17) is 4.74 Å². The number of carbonyl (C=O) groups excluding carboxylic acids is 1. The van der Waals surface area contributed by atoms with Gasteiger partial charge in [0.2, 0.25) is 0 Å². The summed E-state index contributed by atoms with van der Waals surface area (Å²) in [5, 5.41) is 10.8. The highest BCUT2D eigenvalue weighted by Crippen LogP contribution is 2.34. The van der Waals surface area contributed by atoms with Crippen LogP contribution in [0.5, 0.6) is 0 Å². The first-order chi connectivity index (χ1) is 8.99. The van der Waals surface area contributed by atoms with Crippen molar-refractivity contribution in [1.29, 1.82) is 0 Å². The largest absolute Gasteiger partial charge is 0.466 e. The van der Waals surface area contributed by atoms with Gasteiger partial charge in [-0.2, -0.15) is 0 Å². The van der Waals surface area contributed by atoms with Crippen molar-refractivity contribution in [2.45, 2.75) is 39.2 Å². The fourth-order valence-electron chi connectivity index (χ4n) is 2.18. The first-order valence-corrected chi connectivity index (χ1v) is 6.50. The van der Waals surface area contributed by atoms with Crippen LogP contribution in [0.4, 0.5) is 4.39 Å². The molecule has 1 rings (SSSR count). The number of hydrogen-bond acceptors (Lipinski definition) is 4. The van der Waals surface area contributed by atoms with Gasteiger partial charge in [0.25, 0.3) is 0 Å². The van der Waals surface area contributed by atoms with Gasteiger partial charge in [-0.25, -0.2) is 4.39 Å². The average molecular weight is 269 g/mol. The molecule has 1 aromatic rings. The third kappa shape index (κ3) is 3.29. The lowest BCUT2D eigenvalue weighted by Crippen LogP contribution is -2.40. The van der Waals surface area contributed by atoms with Gasteiger partial charge in [0.15, 0.2) is 0 Å². The van der Waals surface area contributed by atoms with Gasteiger partial charge < -0.3 is 9.84 Å². The highest BCUT2D eigenvalue weighted by molar-refractivity contribution is 5.74. The van der Waals surface area contributed by atoms with Gasteiger partial charge in [0.05, 0.1) is 24.4 Å². The summed E-state index contributed by atoms with van der Waals surface area (Å²) in [6.07, 6.45) is 1.75. The highest BCUT2D eigenvalue weighted by Gasteiger charge is 2.42. The van der Waals surface area contributed by atoms with Gasteiger partial charge in [-0.05, 0) is 31.9 Å². The number of pyridine rings is 1. The van der Waals surface area contributed by atoms with Crippen LogP contribution in [0.15, 0.2) is 18.3 Å². The first-order valence-electron chi connectivity index (χ1n) is 6.50. The Morgan fingerprint density at radius 3 is 2.58 bits per heavy atom. The molecular weight excluding hydrogens is 249 g/mol. The second-order valence-electron chi connectivity index (χ2n) is 4.35. The standard InChI is InChI=1S/C14H20FNO3/c1-4-11(13(17)19-6-3)14(18,5-2)12-8-7-10(15)9-16-12/h7-9,11,18H,4-6H2,1-3H3. The molecule has 0 aliphatic rings. The molecule has 0 saturated heterocycles. The van der Waals surface area contributed by atoms with Crippen molar-refractivity contribution in [3.63, 3.8) is 0 Å². The lowest BCUT2D eigenvalue weighted by Gasteiger charge is -2.32. The maximum atomic E-state index is 12.9. The fourth-order valence-corrected chi connectivity index (χ4v) is 2.18. The fraction of sp³-hybridized carbons (Fsp3) is 0.571. The maximum absolute atomic E-state index is 12.9. The van der Waals surface area contributed by atoms with Crippen molar-refractivity contribution >= 4 is 5.97 Å². The molecule has 0 bridgehead atoms. The molecule has 0 radical (unpaired) electrons. The summed E-state index contributed by atoms with van der Waals surface area (Å²) in [6, 6.07) is 2.63. The average Bonchev–Trinajstić information content (AvgIpc) is 2.40. The Labute approximate surface area is 112 Å². The topological polar surface area (TPSA) is 59.4 Å². The van der Waals surface area contributed by atoms with Gasteiger partial charge >= 0.3 is 5.97 Å². The number of esters is 1. The molecule has 0 amide bonds. The SMILES string of the molecule is CCOC(=O)C(CC)C(O)(CC)c1ccc(F)cn1. The van der Waals surface area contributed by atoms with E-state index >= 15 is 0 Å². The second-order valence-corrected chi connectivity index (χ2v) is 4.35. The van der Waals surface area contributed by atoms with Crippen molar-refractivity contribution < 1.29 is 19.0 Å². The maximum Gasteiger partial charge on any atom is 0.312 e. The number of aromatic nitrogens is 1. The minimum Gasteiger partial charge on any atom is -0.466 e. The Morgan fingerprint density at radius 2 is 2.16 bits per heavy atom. The molecule has 0 aliphatic carbocycles. The van der Waals surface area contributed by atoms with Crippen LogP contribution < -0.4 is 0 Å². The van der Waals surface area contributed by atoms with E-state index in [1.807, 2.05) is 0 Å². The van der Waals surface area contributed by atoms with Crippen molar-refractivity contribution in [3.05, 3.63) is 29.8 Å². The van der Waals surface area contributed by atoms with Crippen LogP contribution >= 0.6 is 0 Å². The summed E-state index contributed by atoms with van der Waals surface area (Å²) in [5.74, 6) is -1.65. The molecular formula is C14H20FNO3. The molecule has 106 valence electrons. The van der Waals surface area contributed by atoms with Crippen molar-refractivity contribution in [2.75, 3.05) is 6.61 Å². The zero-order valence-electron chi connectivity index (χ0n) is 11.5. The molecule has 1 heterocycles. The minimum atomic E-state index is -1.44. The van der Waals surface area contributed by atoms with Crippen LogP contribution in [0.25, 0.3) is 0 Å². The van der Waals surface area contributed by atoms with Crippen LogP contribution in [0.3, 0.4) is 0 Å². The summed E-state index contributed by atoms with van der Waals surface area (Å²) >= 11 is 0. The van der Waals surface area contributed by atoms with E-state index in [1.54, 1.807) is 20.8 Å². The van der Waals surface area contributed by atoms with Gasteiger partial charge in [-0.3, -0.25) is 9.78 Å². The van der Waals surface area contributed by atoms with Crippen LogP contribution in [-0.4, -0.2) is 22.7 Å². The smallest absolute Gasteiger partial charge is 0.312 e. The number of halogens is 1. The third-order valence-corrected chi connectivity index (χ3v) is 3.27. The predicted octanol–water partition coefficient (Wildman–Crippen LogP) is 2.41. The number of carbonyl (C=O) groups is 1. The van der Waals surface area contributed by atoms with E-state index in [0.29, 0.717) is 12.8 Å². The van der Waals surface area contributed by atoms with Gasteiger partial charge in [0, 0.05) is 0 Å². The summed E-state index contributed by atoms with van der Waals surface area (Å²) < 4.78 is 17.9. The molecule has 1 N–H and O–H groups in total. The van der Waals surface area contributed by atoms with E-state index in [2.05, 4.69) is 4.98 Å². The molecule has 1 aromatic heterocycles. The van der Waals surface area contributed by atoms with Crippen molar-refractivity contribution in [3.8, 4) is 0 Å². The van der Waals surface area contributed by atoms with Crippen molar-refractivity contribution in [2.24, 2.45) is 5.92 Å². The number of nitrogens with zero attached hydrogens (tertiary/aromatic N) is 1. The van der Waals surface area contributed by atoms with Crippen LogP contribution in [0.2, 0.25) is 0 Å². The summed E-state index contributed by atoms with van der Waals surface area (Å²) in [6.45, 7) is 5.52. The zero-order chi connectivity index (χ0) is 14.5. The van der Waals surface area contributed by atoms with Crippen LogP contribution in [0.1, 0.15) is 39.3 Å². The quantitative estimate of drug-likeness (QED) is 0.806. The molecule has 2 atom stereocenters. The van der Waals surface area contributed by atoms with E-state index in [0.717, 1.165) is 6.20 Å². The van der Waals surface area contributed by atoms with Gasteiger partial charge in [-0.1, -0.05) is 13.8 Å². The molecule has 0 fully saturated rings. The van der Waals surface area contributed by atoms with Crippen molar-refractivity contribution in [1.82, 2.24) is 4.98 Å². The van der Waals surface area contributed by atoms with E-state index in [1.165, 1.54) is 12.1 Å². The van der Waals surface area contributed by atoms with E-state index in [-0.39, 0.29) is 12.3 Å².